The van der Waals surface area contributed by atoms with E-state index in [0.717, 1.165) is 4.57 Å². The Labute approximate surface area is 138 Å². The monoisotopic (exact) mass is 358 g/mol. The number of hydrogen-bond acceptors (Lipinski definition) is 8. The predicted octanol–water partition coefficient (Wildman–Crippen LogP) is -0.440. The van der Waals surface area contributed by atoms with Crippen LogP contribution in [-0.4, -0.2) is 54.6 Å². The van der Waals surface area contributed by atoms with Crippen molar-refractivity contribution in [1.29, 1.82) is 0 Å². The second-order valence-electron chi connectivity index (χ2n) is 5.74. The van der Waals surface area contributed by atoms with Crippen LogP contribution in [0.3, 0.4) is 0 Å². The summed E-state index contributed by atoms with van der Waals surface area (Å²) in [4.78, 5) is 28.5. The molecule has 0 radical (unpaired) electrons. The number of aromatic nitrogens is 2. The van der Waals surface area contributed by atoms with Gasteiger partial charge in [-0.3, -0.25) is 9.36 Å². The molecular formula is C14H18N2O7S. The molecule has 10 heteroatoms. The van der Waals surface area contributed by atoms with Gasteiger partial charge in [0.05, 0.1) is 12.4 Å². The van der Waals surface area contributed by atoms with E-state index in [0.29, 0.717) is 0 Å². The first-order valence-electron chi connectivity index (χ1n) is 7.65. The average molecular weight is 358 g/mol. The van der Waals surface area contributed by atoms with E-state index >= 15 is 0 Å². The summed E-state index contributed by atoms with van der Waals surface area (Å²) in [5.74, 6) is -2.01. The number of sulfone groups is 1. The molecule has 1 aromatic rings. The Morgan fingerprint density at radius 2 is 2.08 bits per heavy atom. The number of fused-ring (bicyclic) bond motifs is 2. The molecule has 1 spiro atoms. The van der Waals surface area contributed by atoms with Gasteiger partial charge in [0.2, 0.25) is 5.75 Å². The molecule has 9 nitrogen and oxygen atoms in total. The first-order chi connectivity index (χ1) is 11.3. The summed E-state index contributed by atoms with van der Waals surface area (Å²) < 4.78 is 35.3. The van der Waals surface area contributed by atoms with Crippen molar-refractivity contribution in [2.45, 2.75) is 31.1 Å². The van der Waals surface area contributed by atoms with Crippen molar-refractivity contribution in [2.75, 3.05) is 25.6 Å². The van der Waals surface area contributed by atoms with Gasteiger partial charge in [-0.2, -0.15) is 0 Å². The minimum Gasteiger partial charge on any atom is -0.501 e. The van der Waals surface area contributed by atoms with E-state index in [2.05, 4.69) is 4.98 Å². The molecule has 132 valence electrons. The first kappa shape index (κ1) is 16.9. The van der Waals surface area contributed by atoms with E-state index in [1.807, 2.05) is 0 Å². The summed E-state index contributed by atoms with van der Waals surface area (Å²) in [7, 11) is -3.58. The molecule has 24 heavy (non-hydrogen) atoms. The van der Waals surface area contributed by atoms with Crippen LogP contribution in [0.25, 0.3) is 0 Å². The molecule has 0 unspecified atom stereocenters. The highest BCUT2D eigenvalue weighted by Crippen LogP contribution is 2.42. The molecule has 1 saturated heterocycles. The molecule has 2 aliphatic heterocycles. The first-order valence-corrected chi connectivity index (χ1v) is 9.31. The topological polar surface area (TPSA) is 125 Å². The average Bonchev–Trinajstić information content (AvgIpc) is 2.55. The lowest BCUT2D eigenvalue weighted by Crippen LogP contribution is -2.52. The van der Waals surface area contributed by atoms with Gasteiger partial charge in [0, 0.05) is 19.8 Å². The third kappa shape index (κ3) is 2.32. The Morgan fingerprint density at radius 1 is 1.42 bits per heavy atom. The van der Waals surface area contributed by atoms with Crippen molar-refractivity contribution in [3.63, 3.8) is 0 Å². The molecule has 3 rings (SSSR count). The summed E-state index contributed by atoms with van der Waals surface area (Å²) >= 11 is 0. The molecule has 3 heterocycles. The van der Waals surface area contributed by atoms with Crippen LogP contribution in [0, 0.1) is 0 Å². The third-order valence-corrected chi connectivity index (χ3v) is 7.00. The molecule has 2 aliphatic rings. The second kappa shape index (κ2) is 5.85. The van der Waals surface area contributed by atoms with E-state index in [1.165, 1.54) is 0 Å². The quantitative estimate of drug-likeness (QED) is 0.706. The van der Waals surface area contributed by atoms with Crippen LogP contribution >= 0.6 is 0 Å². The fourth-order valence-corrected chi connectivity index (χ4v) is 5.26. The number of esters is 1. The van der Waals surface area contributed by atoms with Gasteiger partial charge < -0.3 is 14.6 Å². The zero-order chi connectivity index (χ0) is 17.5. The van der Waals surface area contributed by atoms with Crippen molar-refractivity contribution >= 4 is 15.8 Å². The van der Waals surface area contributed by atoms with Crippen molar-refractivity contribution in [3.05, 3.63) is 21.9 Å². The van der Waals surface area contributed by atoms with Gasteiger partial charge in [0.15, 0.2) is 15.5 Å². The molecule has 0 aromatic carbocycles. The molecule has 0 saturated carbocycles. The number of carbonyl (C=O) groups excluding carboxylic acids is 1. The molecule has 0 bridgehead atoms. The van der Waals surface area contributed by atoms with Crippen LogP contribution in [0.5, 0.6) is 5.75 Å². The summed E-state index contributed by atoms with van der Waals surface area (Å²) in [6, 6.07) is 0. The maximum Gasteiger partial charge on any atom is 0.361 e. The Morgan fingerprint density at radius 3 is 2.71 bits per heavy atom. The molecule has 1 aromatic heterocycles. The Balaban J connectivity index is 2.27. The highest BCUT2D eigenvalue weighted by Gasteiger charge is 2.52. The van der Waals surface area contributed by atoms with Crippen molar-refractivity contribution < 1.29 is 27.8 Å². The number of aromatic hydroxyl groups is 1. The lowest BCUT2D eigenvalue weighted by molar-refractivity contribution is 0.0510. The summed E-state index contributed by atoms with van der Waals surface area (Å²) in [6.45, 7) is 1.93. The fourth-order valence-electron chi connectivity index (χ4n) is 3.22. The SMILES string of the molecule is CCOC(=O)c1nc2n(c(=O)c1O)CCS(=O)(=O)C21CCOCC1. The summed E-state index contributed by atoms with van der Waals surface area (Å²) in [6.07, 6.45) is 0.295. The molecular weight excluding hydrogens is 340 g/mol. The Bertz CT molecular complexity index is 837. The number of carbonyl (C=O) groups is 1. The number of ether oxygens (including phenoxy) is 2. The van der Waals surface area contributed by atoms with Gasteiger partial charge >= 0.3 is 5.97 Å². The van der Waals surface area contributed by atoms with Gasteiger partial charge in [-0.1, -0.05) is 0 Å². The maximum atomic E-state index is 12.7. The van der Waals surface area contributed by atoms with Gasteiger partial charge in [-0.25, -0.2) is 18.2 Å². The Hall–Kier alpha value is -1.94. The minimum absolute atomic E-state index is 0.0112. The second-order valence-corrected chi connectivity index (χ2v) is 8.15. The number of hydrogen-bond donors (Lipinski definition) is 1. The number of nitrogens with zero attached hydrogens (tertiary/aromatic N) is 2. The zero-order valence-corrected chi connectivity index (χ0v) is 14.0. The number of rotatable bonds is 2. The largest absolute Gasteiger partial charge is 0.501 e. The molecule has 0 amide bonds. The van der Waals surface area contributed by atoms with E-state index in [9.17, 15) is 23.1 Å². The van der Waals surface area contributed by atoms with E-state index in [1.54, 1.807) is 6.92 Å². The van der Waals surface area contributed by atoms with E-state index in [-0.39, 0.29) is 50.8 Å². The van der Waals surface area contributed by atoms with Crippen LogP contribution in [0.2, 0.25) is 0 Å². The maximum absolute atomic E-state index is 12.7. The lowest BCUT2D eigenvalue weighted by Gasteiger charge is -2.40. The van der Waals surface area contributed by atoms with Gasteiger partial charge in [-0.05, 0) is 19.8 Å². The van der Waals surface area contributed by atoms with Crippen LogP contribution in [0.4, 0.5) is 0 Å². The smallest absolute Gasteiger partial charge is 0.361 e. The molecule has 0 atom stereocenters. The van der Waals surface area contributed by atoms with Gasteiger partial charge in [0.1, 0.15) is 10.6 Å². The third-order valence-electron chi connectivity index (χ3n) is 4.50. The standard InChI is InChI=1S/C14H18N2O7S/c1-2-23-12(19)9-10(17)11(18)16-5-8-24(20,21)14(13(16)15-9)3-6-22-7-4-14/h17H,2-8H2,1H3. The normalized spacial score (nSPS) is 21.2. The van der Waals surface area contributed by atoms with E-state index < -0.39 is 37.6 Å². The van der Waals surface area contributed by atoms with Crippen molar-refractivity contribution in [3.8, 4) is 5.75 Å². The van der Waals surface area contributed by atoms with Crippen LogP contribution in [-0.2, 0) is 30.6 Å². The predicted molar refractivity (Wildman–Crippen MR) is 81.6 cm³/mol. The fraction of sp³-hybridized carbons (Fsp3) is 0.643. The van der Waals surface area contributed by atoms with Crippen molar-refractivity contribution in [1.82, 2.24) is 9.55 Å². The van der Waals surface area contributed by atoms with Crippen LogP contribution < -0.4 is 5.56 Å². The van der Waals surface area contributed by atoms with Crippen LogP contribution in [0.1, 0.15) is 36.1 Å². The highest BCUT2D eigenvalue weighted by atomic mass is 32.2. The highest BCUT2D eigenvalue weighted by molar-refractivity contribution is 7.92. The molecule has 1 fully saturated rings. The van der Waals surface area contributed by atoms with Crippen LogP contribution in [0.15, 0.2) is 4.79 Å². The van der Waals surface area contributed by atoms with E-state index in [4.69, 9.17) is 9.47 Å². The van der Waals surface area contributed by atoms with Gasteiger partial charge in [-0.15, -0.1) is 0 Å². The minimum atomic E-state index is -3.58. The molecule has 1 N–H and O–H groups in total. The summed E-state index contributed by atoms with van der Waals surface area (Å²) in [5, 5.41) is 10.00. The summed E-state index contributed by atoms with van der Waals surface area (Å²) in [5.41, 5.74) is -1.38. The van der Waals surface area contributed by atoms with Gasteiger partial charge in [0.25, 0.3) is 5.56 Å². The lowest BCUT2D eigenvalue weighted by atomic mass is 9.97. The molecule has 0 aliphatic carbocycles. The van der Waals surface area contributed by atoms with Crippen molar-refractivity contribution in [2.24, 2.45) is 0 Å². The zero-order valence-electron chi connectivity index (χ0n) is 13.1. The Kier molecular flexibility index (Phi) is 4.12.